The highest BCUT2D eigenvalue weighted by atomic mass is 27.2. The van der Waals surface area contributed by atoms with Crippen LogP contribution >= 0.6 is 0 Å². The number of hydrogen-bond acceptors (Lipinski definition) is 2. The molecule has 18 heavy (non-hydrogen) atoms. The summed E-state index contributed by atoms with van der Waals surface area (Å²) in [5, 5.41) is 1.08. The van der Waals surface area contributed by atoms with Gasteiger partial charge in [-0.05, 0) is 22.8 Å². The third-order valence-electron chi connectivity index (χ3n) is 2.51. The zero-order valence-electron chi connectivity index (χ0n) is 12.1. The Morgan fingerprint density at radius 1 is 1.17 bits per heavy atom. The van der Waals surface area contributed by atoms with Gasteiger partial charge in [0.15, 0.2) is 0 Å². The average molecular weight is 266 g/mol. The summed E-state index contributed by atoms with van der Waals surface area (Å²) in [7, 11) is 0. The van der Waals surface area contributed by atoms with E-state index in [1.54, 1.807) is 0 Å². The fourth-order valence-electron chi connectivity index (χ4n) is 1.54. The number of rotatable bonds is 7. The molecule has 3 heteroatoms. The molecule has 102 valence electrons. The fourth-order valence-corrected chi connectivity index (χ4v) is 3.78. The summed E-state index contributed by atoms with van der Waals surface area (Å²) in [6, 6.07) is 10.0. The smallest absolute Gasteiger partial charge is 0.622 e. The van der Waals surface area contributed by atoms with Crippen molar-refractivity contribution < 1.29 is 9.00 Å². The quantitative estimate of drug-likeness (QED) is 0.668. The lowest BCUT2D eigenvalue weighted by molar-refractivity contribution is 0.171. The van der Waals surface area contributed by atoms with E-state index in [2.05, 4.69) is 27.7 Å². The van der Waals surface area contributed by atoms with Crippen LogP contribution in [0.3, 0.4) is 0 Å². The van der Waals surface area contributed by atoms with Gasteiger partial charge in [-0.2, -0.15) is 0 Å². The first-order chi connectivity index (χ1) is 8.51. The van der Waals surface area contributed by atoms with Crippen molar-refractivity contribution in [1.29, 1.82) is 0 Å². The minimum Gasteiger partial charge on any atom is -0.622 e. The van der Waals surface area contributed by atoms with Gasteiger partial charge in [0.05, 0.1) is 5.75 Å². The van der Waals surface area contributed by atoms with Gasteiger partial charge in [0.1, 0.15) is 0 Å². The highest BCUT2D eigenvalue weighted by Gasteiger charge is 2.29. The molecule has 0 saturated carbocycles. The van der Waals surface area contributed by atoms with Crippen LogP contribution < -0.4 is 3.79 Å². The van der Waals surface area contributed by atoms with Crippen LogP contribution in [0.2, 0.25) is 5.28 Å². The summed E-state index contributed by atoms with van der Waals surface area (Å²) < 4.78 is 12.1. The predicted molar refractivity (Wildman–Crippen MR) is 80.1 cm³/mol. The summed E-state index contributed by atoms with van der Waals surface area (Å²) in [4.78, 5) is 0. The Morgan fingerprint density at radius 3 is 2.39 bits per heavy atom. The van der Waals surface area contributed by atoms with Crippen LogP contribution in [0.15, 0.2) is 30.3 Å². The highest BCUT2D eigenvalue weighted by Crippen LogP contribution is 2.18. The molecule has 0 unspecified atom stereocenters. The predicted octanol–water partition coefficient (Wildman–Crippen LogP) is 4.66. The van der Waals surface area contributed by atoms with Gasteiger partial charge in [0, 0.05) is 8.03 Å². The molecular weight excluding hydrogens is 239 g/mol. The maximum atomic E-state index is 6.03. The zero-order chi connectivity index (χ0) is 13.4. The van der Waals surface area contributed by atoms with E-state index in [4.69, 9.17) is 7.58 Å². The summed E-state index contributed by atoms with van der Waals surface area (Å²) in [6.45, 7) is 9.57. The molecule has 0 saturated heterocycles. The van der Waals surface area contributed by atoms with Crippen LogP contribution in [0.5, 0.6) is 5.75 Å². The van der Waals surface area contributed by atoms with Gasteiger partial charge in [0.2, 0.25) is 0 Å². The zero-order valence-corrected chi connectivity index (χ0v) is 13.3. The summed E-state index contributed by atoms with van der Waals surface area (Å²) in [5.41, 5.74) is 0.206. The van der Waals surface area contributed by atoms with Gasteiger partial charge in [0.25, 0.3) is 0 Å². The molecule has 1 rings (SSSR count). The van der Waals surface area contributed by atoms with Crippen molar-refractivity contribution in [2.75, 3.05) is 6.61 Å². The minimum absolute atomic E-state index is 0. The van der Waals surface area contributed by atoms with Gasteiger partial charge in [-0.15, -0.1) is 0 Å². The first kappa shape index (κ1) is 15.6. The summed E-state index contributed by atoms with van der Waals surface area (Å²) in [5.74, 6) is 0.944. The van der Waals surface area contributed by atoms with Gasteiger partial charge < -0.3 is 7.58 Å². The van der Waals surface area contributed by atoms with E-state index < -0.39 is 14.8 Å². The average Bonchev–Trinajstić information content (AvgIpc) is 2.33. The van der Waals surface area contributed by atoms with E-state index in [1.165, 1.54) is 12.8 Å². The van der Waals surface area contributed by atoms with Crippen molar-refractivity contribution in [3.63, 3.8) is 0 Å². The monoisotopic (exact) mass is 266 g/mol. The lowest BCUT2D eigenvalue weighted by Crippen LogP contribution is -2.30. The Morgan fingerprint density at radius 2 is 1.83 bits per heavy atom. The van der Waals surface area contributed by atoms with Gasteiger partial charge in [-0.1, -0.05) is 58.7 Å². The Labute approximate surface area is 118 Å². The molecule has 0 aromatic heterocycles. The van der Waals surface area contributed by atoms with Gasteiger partial charge in [-0.3, -0.25) is 0 Å². The largest absolute Gasteiger partial charge is 0.765 e. The molecule has 1 aromatic carbocycles. The lowest BCUT2D eigenvalue weighted by Gasteiger charge is -2.22. The van der Waals surface area contributed by atoms with Crippen LogP contribution in [0.1, 0.15) is 42.0 Å². The Bertz CT molecular complexity index is 325. The van der Waals surface area contributed by atoms with Crippen molar-refractivity contribution in [1.82, 2.24) is 0 Å². The topological polar surface area (TPSA) is 18.5 Å². The normalized spacial score (nSPS) is 11.3. The van der Waals surface area contributed by atoms with E-state index in [1.807, 2.05) is 30.3 Å². The molecule has 0 bridgehead atoms. The SMILES string of the molecule is CCC[CH2][Al]([O]CC(C)(C)C)[O]c1ccccc1.[HH]. The number of benzene rings is 1. The fraction of sp³-hybridized carbons (Fsp3) is 0.600. The van der Waals surface area contributed by atoms with Crippen molar-refractivity contribution in [2.45, 2.75) is 45.8 Å². The van der Waals surface area contributed by atoms with Crippen LogP contribution in [0.4, 0.5) is 0 Å². The maximum Gasteiger partial charge on any atom is 0.765 e. The molecule has 0 amide bonds. The van der Waals surface area contributed by atoms with Gasteiger partial charge >= 0.3 is 14.8 Å². The van der Waals surface area contributed by atoms with E-state index in [0.29, 0.717) is 0 Å². The van der Waals surface area contributed by atoms with Crippen LogP contribution in [0.25, 0.3) is 0 Å². The molecule has 0 spiro atoms. The number of hydrogen-bond donors (Lipinski definition) is 0. The van der Waals surface area contributed by atoms with Crippen molar-refractivity contribution in [3.05, 3.63) is 30.3 Å². The van der Waals surface area contributed by atoms with E-state index >= 15 is 0 Å². The highest BCUT2D eigenvalue weighted by molar-refractivity contribution is 6.45. The Hall–Kier alpha value is -0.488. The number of unbranched alkanes of at least 4 members (excludes halogenated alkanes) is 1. The molecule has 2 nitrogen and oxygen atoms in total. The van der Waals surface area contributed by atoms with Crippen LogP contribution in [-0.2, 0) is 3.79 Å². The van der Waals surface area contributed by atoms with Gasteiger partial charge in [-0.25, -0.2) is 0 Å². The second-order valence-corrected chi connectivity index (χ2v) is 7.88. The summed E-state index contributed by atoms with van der Waals surface area (Å²) in [6.07, 6.45) is 2.38. The van der Waals surface area contributed by atoms with Crippen LogP contribution in [0, 0.1) is 5.41 Å². The first-order valence-corrected chi connectivity index (χ1v) is 8.60. The molecular formula is C15H27AlO2. The van der Waals surface area contributed by atoms with E-state index in [0.717, 1.165) is 17.6 Å². The number of para-hydroxylation sites is 1. The molecule has 0 aliphatic carbocycles. The molecule has 0 atom stereocenters. The third kappa shape index (κ3) is 7.06. The second-order valence-electron chi connectivity index (χ2n) is 5.87. The first-order valence-electron chi connectivity index (χ1n) is 6.84. The summed E-state index contributed by atoms with van der Waals surface area (Å²) >= 11 is -1.58. The van der Waals surface area contributed by atoms with Crippen molar-refractivity contribution in [2.24, 2.45) is 5.41 Å². The minimum atomic E-state index is -1.58. The second kappa shape index (κ2) is 7.84. The molecule has 0 aliphatic heterocycles. The molecule has 0 heterocycles. The third-order valence-corrected chi connectivity index (χ3v) is 4.46. The van der Waals surface area contributed by atoms with E-state index in [9.17, 15) is 0 Å². The molecule has 0 fully saturated rings. The van der Waals surface area contributed by atoms with E-state index in [-0.39, 0.29) is 6.84 Å². The van der Waals surface area contributed by atoms with Crippen molar-refractivity contribution >= 4 is 14.8 Å². The molecule has 0 aliphatic rings. The molecule has 0 N–H and O–H groups in total. The van der Waals surface area contributed by atoms with Crippen LogP contribution in [-0.4, -0.2) is 21.4 Å². The van der Waals surface area contributed by atoms with Crippen molar-refractivity contribution in [3.8, 4) is 5.75 Å². The molecule has 1 aromatic rings. The Balaban J connectivity index is 0.00000324. The Kier molecular flexibility index (Phi) is 6.78. The molecule has 0 radical (unpaired) electrons. The maximum absolute atomic E-state index is 6.03. The standard InChI is InChI=1S/C6H6O.C5H11O.C4H9.Al.H2/c7-6-4-2-1-3-5-6;1-5(2,3)4-6;1-3-4-2;;/h1-5,7H;4H2,1-3H3;1,3-4H2,2H3;;1H/q;-1;;+2;/p-1. The lowest BCUT2D eigenvalue weighted by atomic mass is 9.99.